The summed E-state index contributed by atoms with van der Waals surface area (Å²) in [6, 6.07) is 0. The molecule has 6 nitrogen and oxygen atoms in total. The Kier molecular flexibility index (Phi) is 3.67. The first-order valence-corrected chi connectivity index (χ1v) is 6.56. The van der Waals surface area contributed by atoms with Crippen LogP contribution in [0.25, 0.3) is 0 Å². The number of rotatable bonds is 4. The molecule has 1 heterocycles. The molecule has 0 N–H and O–H groups in total. The number of oxime groups is 1. The highest BCUT2D eigenvalue weighted by Crippen LogP contribution is 2.13. The summed E-state index contributed by atoms with van der Waals surface area (Å²) in [5.41, 5.74) is 0.144. The number of esters is 1. The maximum atomic E-state index is 11.2. The Morgan fingerprint density at radius 1 is 1.67 bits per heavy atom. The molecule has 86 valence electrons. The third kappa shape index (κ3) is 3.86. The number of carbonyl (C=O) groups excluding carboxylic acids is 1. The Balaban J connectivity index is 2.47. The lowest BCUT2D eigenvalue weighted by atomic mass is 10.2. The third-order valence-electron chi connectivity index (χ3n) is 1.73. The molecule has 0 fully saturated rings. The second-order valence-electron chi connectivity index (χ2n) is 3.28. The standard InChI is InChI=1S/C8H13NO5S/c1-3-13-8(10)7-4-6(14-9-7)5-15(2,11)12/h6H,3-5H2,1-2H3/t6-/m0/s1. The lowest BCUT2D eigenvalue weighted by molar-refractivity contribution is -0.135. The Hall–Kier alpha value is -1.11. The number of hydrogen-bond donors (Lipinski definition) is 0. The normalized spacial score (nSPS) is 20.7. The molecule has 0 spiro atoms. The summed E-state index contributed by atoms with van der Waals surface area (Å²) < 4.78 is 26.6. The Labute approximate surface area is 88.2 Å². The Morgan fingerprint density at radius 2 is 2.33 bits per heavy atom. The minimum atomic E-state index is -3.12. The fourth-order valence-electron chi connectivity index (χ4n) is 1.19. The van der Waals surface area contributed by atoms with Crippen LogP contribution in [-0.4, -0.2) is 44.8 Å². The molecule has 1 atom stereocenters. The molecule has 1 aliphatic heterocycles. The molecule has 0 radical (unpaired) electrons. The van der Waals surface area contributed by atoms with Gasteiger partial charge in [0.25, 0.3) is 0 Å². The quantitative estimate of drug-likeness (QED) is 0.627. The Bertz CT molecular complexity index is 372. The number of hydrogen-bond acceptors (Lipinski definition) is 6. The zero-order valence-electron chi connectivity index (χ0n) is 8.60. The van der Waals surface area contributed by atoms with E-state index in [-0.39, 0.29) is 24.5 Å². The molecule has 0 amide bonds. The molecule has 0 aromatic rings. The van der Waals surface area contributed by atoms with Crippen LogP contribution in [0.3, 0.4) is 0 Å². The molecular weight excluding hydrogens is 222 g/mol. The van der Waals surface area contributed by atoms with E-state index < -0.39 is 21.9 Å². The van der Waals surface area contributed by atoms with Crippen LogP contribution in [0, 0.1) is 0 Å². The highest BCUT2D eigenvalue weighted by Gasteiger charge is 2.29. The molecule has 0 aliphatic carbocycles. The predicted octanol–water partition coefficient (Wildman–Crippen LogP) is -0.261. The average Bonchev–Trinajstić information content (AvgIpc) is 2.50. The fraction of sp³-hybridized carbons (Fsp3) is 0.750. The summed E-state index contributed by atoms with van der Waals surface area (Å²) in [6.45, 7) is 1.94. The smallest absolute Gasteiger partial charge is 0.356 e. The summed E-state index contributed by atoms with van der Waals surface area (Å²) >= 11 is 0. The van der Waals surface area contributed by atoms with Gasteiger partial charge in [0.05, 0.1) is 12.4 Å². The molecule has 7 heteroatoms. The first-order valence-electron chi connectivity index (χ1n) is 4.50. The molecule has 0 saturated carbocycles. The van der Waals surface area contributed by atoms with Crippen LogP contribution < -0.4 is 0 Å². The molecule has 0 bridgehead atoms. The summed E-state index contributed by atoms with van der Waals surface area (Å²) in [4.78, 5) is 16.0. The topological polar surface area (TPSA) is 82.0 Å². The van der Waals surface area contributed by atoms with E-state index in [0.717, 1.165) is 6.26 Å². The van der Waals surface area contributed by atoms with Gasteiger partial charge in [-0.25, -0.2) is 13.2 Å². The molecule has 0 saturated heterocycles. The maximum Gasteiger partial charge on any atom is 0.356 e. The maximum absolute atomic E-state index is 11.2. The molecule has 15 heavy (non-hydrogen) atoms. The summed E-state index contributed by atoms with van der Waals surface area (Å²) in [7, 11) is -3.12. The first-order chi connectivity index (χ1) is 6.92. The van der Waals surface area contributed by atoms with E-state index in [1.54, 1.807) is 6.92 Å². The van der Waals surface area contributed by atoms with Gasteiger partial charge in [0.15, 0.2) is 15.5 Å². The van der Waals surface area contributed by atoms with Gasteiger partial charge in [-0.05, 0) is 6.92 Å². The van der Waals surface area contributed by atoms with Crippen molar-refractivity contribution in [1.29, 1.82) is 0 Å². The number of carbonyl (C=O) groups is 1. The van der Waals surface area contributed by atoms with Crippen molar-refractivity contribution in [2.45, 2.75) is 19.4 Å². The summed E-state index contributed by atoms with van der Waals surface area (Å²) in [6.07, 6.45) is 0.726. The van der Waals surface area contributed by atoms with Gasteiger partial charge in [0.1, 0.15) is 6.10 Å². The van der Waals surface area contributed by atoms with Crippen LogP contribution in [-0.2, 0) is 24.2 Å². The minimum absolute atomic E-state index is 0.139. The van der Waals surface area contributed by atoms with Crippen LogP contribution in [0.2, 0.25) is 0 Å². The number of nitrogens with zero attached hydrogens (tertiary/aromatic N) is 1. The van der Waals surface area contributed by atoms with E-state index in [1.807, 2.05) is 0 Å². The molecule has 1 rings (SSSR count). The van der Waals surface area contributed by atoms with E-state index in [9.17, 15) is 13.2 Å². The Morgan fingerprint density at radius 3 is 2.87 bits per heavy atom. The second kappa shape index (κ2) is 4.61. The zero-order chi connectivity index (χ0) is 11.5. The highest BCUT2D eigenvalue weighted by molar-refractivity contribution is 7.90. The SMILES string of the molecule is CCOC(=O)C1=NO[C@H](CS(C)(=O)=O)C1. The van der Waals surface area contributed by atoms with Gasteiger partial charge in [-0.3, -0.25) is 0 Å². The van der Waals surface area contributed by atoms with E-state index in [2.05, 4.69) is 5.16 Å². The van der Waals surface area contributed by atoms with Gasteiger partial charge < -0.3 is 9.57 Å². The van der Waals surface area contributed by atoms with E-state index in [0.29, 0.717) is 0 Å². The number of ether oxygens (including phenoxy) is 1. The molecule has 0 aromatic heterocycles. The monoisotopic (exact) mass is 235 g/mol. The average molecular weight is 235 g/mol. The highest BCUT2D eigenvalue weighted by atomic mass is 32.2. The van der Waals surface area contributed by atoms with Crippen molar-refractivity contribution in [3.8, 4) is 0 Å². The molecule has 0 aromatic carbocycles. The lowest BCUT2D eigenvalue weighted by Gasteiger charge is -2.04. The van der Waals surface area contributed by atoms with Gasteiger partial charge in [-0.2, -0.15) is 0 Å². The van der Waals surface area contributed by atoms with E-state index in [1.165, 1.54) is 0 Å². The van der Waals surface area contributed by atoms with Crippen molar-refractivity contribution in [2.75, 3.05) is 18.6 Å². The molecule has 0 unspecified atom stereocenters. The van der Waals surface area contributed by atoms with E-state index >= 15 is 0 Å². The molecule has 1 aliphatic rings. The third-order valence-corrected chi connectivity index (χ3v) is 2.71. The van der Waals surface area contributed by atoms with Crippen LogP contribution in [0.4, 0.5) is 0 Å². The van der Waals surface area contributed by atoms with Crippen molar-refractivity contribution < 1.29 is 22.8 Å². The summed E-state index contributed by atoms with van der Waals surface area (Å²) in [5, 5.41) is 3.50. The van der Waals surface area contributed by atoms with Crippen LogP contribution >= 0.6 is 0 Å². The van der Waals surface area contributed by atoms with Gasteiger partial charge in [0.2, 0.25) is 0 Å². The number of sulfone groups is 1. The first kappa shape index (κ1) is 12.0. The fourth-order valence-corrected chi connectivity index (χ4v) is 2.04. The van der Waals surface area contributed by atoms with Gasteiger partial charge in [0, 0.05) is 12.7 Å². The lowest BCUT2D eigenvalue weighted by Crippen LogP contribution is -2.23. The van der Waals surface area contributed by atoms with Crippen molar-refractivity contribution >= 4 is 21.5 Å². The van der Waals surface area contributed by atoms with E-state index in [4.69, 9.17) is 9.57 Å². The van der Waals surface area contributed by atoms with Crippen LogP contribution in [0.5, 0.6) is 0 Å². The second-order valence-corrected chi connectivity index (χ2v) is 5.47. The van der Waals surface area contributed by atoms with Crippen LogP contribution in [0.1, 0.15) is 13.3 Å². The van der Waals surface area contributed by atoms with Crippen molar-refractivity contribution in [2.24, 2.45) is 5.16 Å². The van der Waals surface area contributed by atoms with Gasteiger partial charge in [-0.1, -0.05) is 5.16 Å². The van der Waals surface area contributed by atoms with Crippen molar-refractivity contribution in [1.82, 2.24) is 0 Å². The van der Waals surface area contributed by atoms with Crippen LogP contribution in [0.15, 0.2) is 5.16 Å². The largest absolute Gasteiger partial charge is 0.461 e. The van der Waals surface area contributed by atoms with Gasteiger partial charge in [-0.15, -0.1) is 0 Å². The minimum Gasteiger partial charge on any atom is -0.461 e. The summed E-state index contributed by atoms with van der Waals surface area (Å²) in [5.74, 6) is -0.687. The van der Waals surface area contributed by atoms with Gasteiger partial charge >= 0.3 is 5.97 Å². The molecular formula is C8H13NO5S. The predicted molar refractivity (Wildman–Crippen MR) is 53.3 cm³/mol. The van der Waals surface area contributed by atoms with Crippen molar-refractivity contribution in [3.63, 3.8) is 0 Å². The zero-order valence-corrected chi connectivity index (χ0v) is 9.41. The van der Waals surface area contributed by atoms with Crippen molar-refractivity contribution in [3.05, 3.63) is 0 Å².